The second kappa shape index (κ2) is 6.26. The van der Waals surface area contributed by atoms with Crippen LogP contribution in [0.5, 0.6) is 11.5 Å². The lowest BCUT2D eigenvalue weighted by atomic mass is 9.86. The molecule has 2 aliphatic rings. The second-order valence-electron chi connectivity index (χ2n) is 6.02. The van der Waals surface area contributed by atoms with Gasteiger partial charge in [-0.15, -0.1) is 0 Å². The Morgan fingerprint density at radius 3 is 2.76 bits per heavy atom. The van der Waals surface area contributed by atoms with Gasteiger partial charge in [0.25, 0.3) is 0 Å². The number of ether oxygens (including phenoxy) is 2. The van der Waals surface area contributed by atoms with Crippen LogP contribution in [0.4, 0.5) is 0 Å². The quantitative estimate of drug-likeness (QED) is 0.786. The van der Waals surface area contributed by atoms with E-state index in [2.05, 4.69) is 6.92 Å². The summed E-state index contributed by atoms with van der Waals surface area (Å²) >= 11 is 0. The zero-order valence-corrected chi connectivity index (χ0v) is 13.2. The first-order chi connectivity index (χ1) is 10.2. The number of fused-ring (bicyclic) bond motifs is 1. The molecule has 0 saturated heterocycles. The third-order valence-electron chi connectivity index (χ3n) is 4.36. The van der Waals surface area contributed by atoms with Crippen molar-refractivity contribution in [1.29, 1.82) is 0 Å². The van der Waals surface area contributed by atoms with Gasteiger partial charge in [-0.1, -0.05) is 32.3 Å². The molecule has 3 rings (SSSR count). The molecular formula is C16H22O4S. The summed E-state index contributed by atoms with van der Waals surface area (Å²) in [4.78, 5) is 0. The van der Waals surface area contributed by atoms with Crippen LogP contribution in [0, 0.1) is 5.92 Å². The van der Waals surface area contributed by atoms with Crippen molar-refractivity contribution in [2.75, 3.05) is 6.79 Å². The molecule has 1 aromatic rings. The summed E-state index contributed by atoms with van der Waals surface area (Å²) in [5, 5.41) is 0. The third-order valence-corrected chi connectivity index (χ3v) is 4.93. The number of hydrogen-bond acceptors (Lipinski definition) is 4. The fraction of sp³-hybridized carbons (Fsp3) is 0.625. The smallest absolute Gasteiger partial charge is 0.231 e. The van der Waals surface area contributed by atoms with E-state index in [1.54, 1.807) is 0 Å². The van der Waals surface area contributed by atoms with Crippen molar-refractivity contribution < 1.29 is 17.9 Å². The van der Waals surface area contributed by atoms with Crippen molar-refractivity contribution in [3.8, 4) is 11.5 Å². The number of rotatable bonds is 7. The van der Waals surface area contributed by atoms with Crippen LogP contribution < -0.4 is 9.47 Å². The predicted molar refractivity (Wildman–Crippen MR) is 81.6 cm³/mol. The maximum absolute atomic E-state index is 11.3. The molecule has 0 bridgehead atoms. The monoisotopic (exact) mass is 310 g/mol. The fourth-order valence-electron chi connectivity index (χ4n) is 3.22. The highest BCUT2D eigenvalue weighted by Gasteiger charge is 2.29. The Kier molecular flexibility index (Phi) is 4.38. The van der Waals surface area contributed by atoms with Crippen LogP contribution in [0.15, 0.2) is 12.1 Å². The molecule has 1 saturated carbocycles. The average Bonchev–Trinajstić information content (AvgIpc) is 3.12. The van der Waals surface area contributed by atoms with Crippen LogP contribution in [0.25, 0.3) is 0 Å². The molecule has 0 radical (unpaired) electrons. The third kappa shape index (κ3) is 3.34. The Bertz CT molecular complexity index is 582. The molecule has 0 amide bonds. The van der Waals surface area contributed by atoms with Crippen molar-refractivity contribution in [3.05, 3.63) is 23.3 Å². The van der Waals surface area contributed by atoms with Gasteiger partial charge in [0.15, 0.2) is 11.5 Å². The van der Waals surface area contributed by atoms with Gasteiger partial charge < -0.3 is 9.47 Å². The van der Waals surface area contributed by atoms with Crippen LogP contribution in [-0.2, 0) is 16.5 Å². The Labute approximate surface area is 127 Å². The minimum Gasteiger partial charge on any atom is -0.454 e. The minimum absolute atomic E-state index is 0.0437. The highest BCUT2D eigenvalue weighted by atomic mass is 32.2. The fourth-order valence-corrected chi connectivity index (χ4v) is 3.81. The van der Waals surface area contributed by atoms with Gasteiger partial charge in [-0.3, -0.25) is 0 Å². The molecule has 0 spiro atoms. The molecule has 5 heteroatoms. The van der Waals surface area contributed by atoms with Crippen LogP contribution in [0.3, 0.4) is 0 Å². The molecule has 1 aromatic carbocycles. The van der Waals surface area contributed by atoms with Crippen LogP contribution >= 0.6 is 0 Å². The molecule has 0 aromatic heterocycles. The highest BCUT2D eigenvalue weighted by Crippen LogP contribution is 2.45. The molecule has 1 aliphatic heterocycles. The molecule has 1 fully saturated rings. The number of thiol groups is 1. The molecule has 1 atom stereocenters. The number of hydrogen-bond donors (Lipinski definition) is 1. The molecule has 1 aliphatic carbocycles. The first-order valence-corrected chi connectivity index (χ1v) is 9.08. The van der Waals surface area contributed by atoms with Gasteiger partial charge in [0.2, 0.25) is 6.79 Å². The van der Waals surface area contributed by atoms with E-state index in [0.717, 1.165) is 36.3 Å². The average molecular weight is 310 g/mol. The lowest BCUT2D eigenvalue weighted by Crippen LogP contribution is -2.06. The summed E-state index contributed by atoms with van der Waals surface area (Å²) in [7, 11) is -2.47. The van der Waals surface area contributed by atoms with E-state index in [-0.39, 0.29) is 12.5 Å². The largest absolute Gasteiger partial charge is 0.454 e. The summed E-state index contributed by atoms with van der Waals surface area (Å²) in [6, 6.07) is 3.97. The summed E-state index contributed by atoms with van der Waals surface area (Å²) in [6.07, 6.45) is 6.00. The summed E-state index contributed by atoms with van der Waals surface area (Å²) in [5.41, 5.74) is 1.97. The van der Waals surface area contributed by atoms with E-state index in [1.165, 1.54) is 12.8 Å². The molecular weight excluding hydrogens is 288 g/mol. The lowest BCUT2D eigenvalue weighted by Gasteiger charge is -2.20. The topological polar surface area (TPSA) is 52.6 Å². The maximum Gasteiger partial charge on any atom is 0.231 e. The van der Waals surface area contributed by atoms with Crippen molar-refractivity contribution >= 4 is 10.7 Å². The Hall–Kier alpha value is -1.23. The molecule has 0 N–H and O–H groups in total. The van der Waals surface area contributed by atoms with Gasteiger partial charge in [-0.2, -0.15) is 0 Å². The molecule has 116 valence electrons. The van der Waals surface area contributed by atoms with Crippen LogP contribution in [-0.4, -0.2) is 15.2 Å². The predicted octanol–water partition coefficient (Wildman–Crippen LogP) is 3.21. The van der Waals surface area contributed by atoms with E-state index in [9.17, 15) is 8.42 Å². The summed E-state index contributed by atoms with van der Waals surface area (Å²) in [5.74, 6) is 2.61. The minimum atomic E-state index is -2.47. The van der Waals surface area contributed by atoms with Crippen LogP contribution in [0.2, 0.25) is 0 Å². The normalized spacial score (nSPS) is 18.2. The van der Waals surface area contributed by atoms with Gasteiger partial charge in [0, 0.05) is 5.56 Å². The van der Waals surface area contributed by atoms with Gasteiger partial charge in [-0.05, 0) is 36.3 Å². The lowest BCUT2D eigenvalue weighted by molar-refractivity contribution is 0.173. The van der Waals surface area contributed by atoms with E-state index in [4.69, 9.17) is 9.47 Å². The van der Waals surface area contributed by atoms with Gasteiger partial charge >= 0.3 is 0 Å². The maximum atomic E-state index is 11.3. The van der Waals surface area contributed by atoms with Crippen molar-refractivity contribution in [2.45, 2.75) is 50.7 Å². The first kappa shape index (κ1) is 14.7. The van der Waals surface area contributed by atoms with Crippen LogP contribution in [0.1, 0.15) is 56.1 Å². The Morgan fingerprint density at radius 1 is 1.29 bits per heavy atom. The van der Waals surface area contributed by atoms with E-state index in [0.29, 0.717) is 17.4 Å². The SMILES string of the molecule is CCCC(CC1CC1)c1ccc2c(c1C[SH](=O)=O)OCO2. The standard InChI is InChI=1S/C16H22O4S/c1-2-3-12(8-11-4-5-11)13-6-7-15-16(20-10-19-15)14(13)9-21(17)18/h6-7,11-12,21H,2-5,8-10H2,1H3. The van der Waals surface area contributed by atoms with Crippen molar-refractivity contribution in [3.63, 3.8) is 0 Å². The highest BCUT2D eigenvalue weighted by molar-refractivity contribution is 7.71. The molecule has 1 heterocycles. The first-order valence-electron chi connectivity index (χ1n) is 7.72. The van der Waals surface area contributed by atoms with E-state index in [1.807, 2.05) is 12.1 Å². The van der Waals surface area contributed by atoms with E-state index >= 15 is 0 Å². The summed E-state index contributed by atoms with van der Waals surface area (Å²) < 4.78 is 33.5. The molecule has 1 unspecified atom stereocenters. The zero-order valence-electron chi connectivity index (χ0n) is 12.3. The molecule has 21 heavy (non-hydrogen) atoms. The summed E-state index contributed by atoms with van der Waals surface area (Å²) in [6.45, 7) is 2.36. The Morgan fingerprint density at radius 2 is 2.10 bits per heavy atom. The van der Waals surface area contributed by atoms with Gasteiger partial charge in [0.05, 0.1) is 5.75 Å². The van der Waals surface area contributed by atoms with Crippen molar-refractivity contribution in [1.82, 2.24) is 0 Å². The zero-order chi connectivity index (χ0) is 14.8. The number of benzene rings is 1. The van der Waals surface area contributed by atoms with Gasteiger partial charge in [-0.25, -0.2) is 8.42 Å². The van der Waals surface area contributed by atoms with Crippen molar-refractivity contribution in [2.24, 2.45) is 5.92 Å². The van der Waals surface area contributed by atoms with E-state index < -0.39 is 10.7 Å². The van der Waals surface area contributed by atoms with Gasteiger partial charge in [0.1, 0.15) is 10.7 Å². The second-order valence-corrected chi connectivity index (χ2v) is 7.00. The molecule has 4 nitrogen and oxygen atoms in total. The Balaban J connectivity index is 1.98.